The predicted molar refractivity (Wildman–Crippen MR) is 129 cm³/mol. The minimum absolute atomic E-state index is 0.179. The molecule has 1 spiro atoms. The molecular weight excluding hydrogens is 426 g/mol. The molecule has 2 aliphatic heterocycles. The maximum Gasteiger partial charge on any atom is 0.137 e. The Balaban J connectivity index is 1.20. The highest BCUT2D eigenvalue weighted by Gasteiger charge is 2.45. The maximum absolute atomic E-state index is 5.01. The van der Waals surface area contributed by atoms with Gasteiger partial charge in [-0.2, -0.15) is 10.2 Å². The van der Waals surface area contributed by atoms with Crippen LogP contribution >= 0.6 is 0 Å². The number of fused-ring (bicyclic) bond motifs is 3. The van der Waals surface area contributed by atoms with Gasteiger partial charge in [0.2, 0.25) is 0 Å². The van der Waals surface area contributed by atoms with Crippen LogP contribution in [0.3, 0.4) is 0 Å². The highest BCUT2D eigenvalue weighted by atomic mass is 15.3. The number of imidazole rings is 1. The van der Waals surface area contributed by atoms with Crippen molar-refractivity contribution in [1.29, 1.82) is 0 Å². The lowest BCUT2D eigenvalue weighted by Gasteiger charge is -2.23. The number of likely N-dealkylation sites (tertiary alicyclic amines) is 1. The summed E-state index contributed by atoms with van der Waals surface area (Å²) in [6.07, 6.45) is 9.99. The molecular formula is C25H27N9. The number of nitrogens with one attached hydrogen (secondary N) is 2. The standard InChI is InChI=1S/C25H27N9/c1-16-11-26-23(30-16)14-33-7-4-25(15-33)5-8-34-22(25)10-20(31-34)17-9-18-19(13-28-24(18)27-12-17)21-3-6-29-32(21)2/h3,6,9-13H,4-5,7-8,14-15H2,1-2H3,(H,26,30)(H,27,28). The second-order valence-corrected chi connectivity index (χ2v) is 9.80. The van der Waals surface area contributed by atoms with Gasteiger partial charge in [0.25, 0.3) is 0 Å². The summed E-state index contributed by atoms with van der Waals surface area (Å²) in [6, 6.07) is 6.53. The van der Waals surface area contributed by atoms with E-state index in [-0.39, 0.29) is 5.41 Å². The largest absolute Gasteiger partial charge is 0.345 e. The van der Waals surface area contributed by atoms with Gasteiger partial charge in [-0.15, -0.1) is 0 Å². The zero-order chi connectivity index (χ0) is 22.9. The molecule has 5 aromatic rings. The SMILES string of the molecule is Cc1cnc(CN2CCC3(CCn4nc(-c5cnc6[nH]cc(-c7ccnn7C)c6c5)cc43)C2)[nH]1. The van der Waals surface area contributed by atoms with Gasteiger partial charge in [0, 0.05) is 78.2 Å². The molecule has 1 unspecified atom stereocenters. The molecule has 9 nitrogen and oxygen atoms in total. The van der Waals surface area contributed by atoms with E-state index in [2.05, 4.69) is 48.7 Å². The fraction of sp³-hybridized carbons (Fsp3) is 0.360. The van der Waals surface area contributed by atoms with Crippen molar-refractivity contribution in [3.63, 3.8) is 0 Å². The highest BCUT2D eigenvalue weighted by Crippen LogP contribution is 2.44. The lowest BCUT2D eigenvalue weighted by atomic mass is 9.82. The van der Waals surface area contributed by atoms with Crippen LogP contribution in [-0.4, -0.2) is 57.5 Å². The van der Waals surface area contributed by atoms with Crippen LogP contribution in [-0.2, 0) is 25.6 Å². The van der Waals surface area contributed by atoms with Crippen molar-refractivity contribution in [2.45, 2.75) is 38.3 Å². The van der Waals surface area contributed by atoms with Crippen LogP contribution in [0.4, 0.5) is 0 Å². The minimum atomic E-state index is 0.179. The normalized spacial score (nSPS) is 20.2. The first kappa shape index (κ1) is 19.7. The molecule has 0 aromatic carbocycles. The summed E-state index contributed by atoms with van der Waals surface area (Å²) in [6.45, 7) is 6.05. The molecule has 172 valence electrons. The Morgan fingerprint density at radius 1 is 1.12 bits per heavy atom. The molecule has 34 heavy (non-hydrogen) atoms. The van der Waals surface area contributed by atoms with E-state index in [4.69, 9.17) is 10.1 Å². The molecule has 9 heteroatoms. The van der Waals surface area contributed by atoms with Crippen LogP contribution < -0.4 is 0 Å². The van der Waals surface area contributed by atoms with Crippen molar-refractivity contribution in [3.8, 4) is 22.5 Å². The van der Waals surface area contributed by atoms with E-state index in [9.17, 15) is 0 Å². The molecule has 1 atom stereocenters. The predicted octanol–water partition coefficient (Wildman–Crippen LogP) is 3.41. The van der Waals surface area contributed by atoms with Crippen molar-refractivity contribution < 1.29 is 0 Å². The van der Waals surface area contributed by atoms with Crippen molar-refractivity contribution >= 4 is 11.0 Å². The van der Waals surface area contributed by atoms with Crippen molar-refractivity contribution in [1.82, 2.24) is 44.4 Å². The van der Waals surface area contributed by atoms with Crippen molar-refractivity contribution in [2.75, 3.05) is 13.1 Å². The third-order valence-corrected chi connectivity index (χ3v) is 7.61. The Morgan fingerprint density at radius 3 is 2.85 bits per heavy atom. The van der Waals surface area contributed by atoms with Gasteiger partial charge < -0.3 is 9.97 Å². The lowest BCUT2D eigenvalue weighted by Crippen LogP contribution is -2.29. The summed E-state index contributed by atoms with van der Waals surface area (Å²) < 4.78 is 4.11. The number of hydrogen-bond acceptors (Lipinski definition) is 5. The van der Waals surface area contributed by atoms with Crippen LogP contribution in [0.5, 0.6) is 0 Å². The number of aromatic amines is 2. The monoisotopic (exact) mass is 453 g/mol. The second-order valence-electron chi connectivity index (χ2n) is 9.80. The number of hydrogen-bond donors (Lipinski definition) is 2. The number of nitrogens with zero attached hydrogens (tertiary/aromatic N) is 7. The van der Waals surface area contributed by atoms with Gasteiger partial charge in [0.1, 0.15) is 11.5 Å². The van der Waals surface area contributed by atoms with E-state index in [1.54, 1.807) is 0 Å². The Kier molecular flexibility index (Phi) is 4.14. The first-order valence-electron chi connectivity index (χ1n) is 11.9. The van der Waals surface area contributed by atoms with E-state index in [1.165, 1.54) is 5.69 Å². The minimum Gasteiger partial charge on any atom is -0.345 e. The molecule has 2 aliphatic rings. The number of pyridine rings is 1. The van der Waals surface area contributed by atoms with Crippen LogP contribution in [0.25, 0.3) is 33.5 Å². The van der Waals surface area contributed by atoms with Gasteiger partial charge in [-0.25, -0.2) is 9.97 Å². The molecule has 5 aromatic heterocycles. The molecule has 0 saturated carbocycles. The van der Waals surface area contributed by atoms with Gasteiger partial charge in [-0.3, -0.25) is 14.3 Å². The van der Waals surface area contributed by atoms with Crippen LogP contribution in [0.15, 0.2) is 43.0 Å². The summed E-state index contributed by atoms with van der Waals surface area (Å²) in [5.74, 6) is 1.05. The second kappa shape index (κ2) is 7.14. The average molecular weight is 454 g/mol. The molecule has 7 rings (SSSR count). The Labute approximate surface area is 196 Å². The number of aromatic nitrogens is 8. The number of rotatable bonds is 4. The Hall–Kier alpha value is -3.72. The fourth-order valence-electron chi connectivity index (χ4n) is 5.86. The molecule has 0 radical (unpaired) electrons. The fourth-order valence-corrected chi connectivity index (χ4v) is 5.86. The van der Waals surface area contributed by atoms with Crippen molar-refractivity contribution in [2.24, 2.45) is 7.05 Å². The summed E-state index contributed by atoms with van der Waals surface area (Å²) in [5.41, 5.74) is 7.75. The molecule has 0 bridgehead atoms. The quantitative estimate of drug-likeness (QED) is 0.435. The molecule has 0 aliphatic carbocycles. The van der Waals surface area contributed by atoms with Crippen LogP contribution in [0.1, 0.15) is 30.1 Å². The smallest absolute Gasteiger partial charge is 0.137 e. The van der Waals surface area contributed by atoms with Gasteiger partial charge >= 0.3 is 0 Å². The molecule has 1 fully saturated rings. The third-order valence-electron chi connectivity index (χ3n) is 7.61. The average Bonchev–Trinajstić information content (AvgIpc) is 3.64. The number of H-pyrrole nitrogens is 2. The Bertz CT molecular complexity index is 1520. The van der Waals surface area contributed by atoms with E-state index in [0.29, 0.717) is 0 Å². The van der Waals surface area contributed by atoms with E-state index >= 15 is 0 Å². The zero-order valence-electron chi connectivity index (χ0n) is 19.4. The summed E-state index contributed by atoms with van der Waals surface area (Å²) in [4.78, 5) is 18.4. The lowest BCUT2D eigenvalue weighted by molar-refractivity contribution is 0.295. The first-order valence-corrected chi connectivity index (χ1v) is 11.9. The maximum atomic E-state index is 5.01. The number of aryl methyl sites for hydroxylation is 3. The van der Waals surface area contributed by atoms with Gasteiger partial charge in [-0.1, -0.05) is 0 Å². The van der Waals surface area contributed by atoms with Gasteiger partial charge in [0.05, 0.1) is 17.9 Å². The molecule has 7 heterocycles. The molecule has 1 saturated heterocycles. The van der Waals surface area contributed by atoms with Crippen molar-refractivity contribution in [3.05, 3.63) is 60.2 Å². The van der Waals surface area contributed by atoms with E-state index in [0.717, 1.165) is 84.1 Å². The van der Waals surface area contributed by atoms with E-state index < -0.39 is 0 Å². The summed E-state index contributed by atoms with van der Waals surface area (Å²) in [7, 11) is 1.96. The topological polar surface area (TPSA) is 96.2 Å². The summed E-state index contributed by atoms with van der Waals surface area (Å²) >= 11 is 0. The zero-order valence-corrected chi connectivity index (χ0v) is 19.4. The highest BCUT2D eigenvalue weighted by molar-refractivity contribution is 5.94. The molecule has 0 amide bonds. The third kappa shape index (κ3) is 2.96. The van der Waals surface area contributed by atoms with Gasteiger partial charge in [-0.05, 0) is 44.5 Å². The first-order chi connectivity index (χ1) is 16.6. The Morgan fingerprint density at radius 2 is 2.03 bits per heavy atom. The van der Waals surface area contributed by atoms with Crippen LogP contribution in [0, 0.1) is 6.92 Å². The molecule has 2 N–H and O–H groups in total. The summed E-state index contributed by atoms with van der Waals surface area (Å²) in [5, 5.41) is 10.4. The van der Waals surface area contributed by atoms with E-state index in [1.807, 2.05) is 42.6 Å². The van der Waals surface area contributed by atoms with Gasteiger partial charge in [0.15, 0.2) is 0 Å². The van der Waals surface area contributed by atoms with Crippen LogP contribution in [0.2, 0.25) is 0 Å².